The number of fused-ring (bicyclic) bond motifs is 1. The van der Waals surface area contributed by atoms with Crippen molar-refractivity contribution in [1.82, 2.24) is 9.97 Å². The number of benzene rings is 3. The molecule has 0 saturated carbocycles. The molecular weight excluding hydrogens is 455 g/mol. The van der Waals surface area contributed by atoms with Crippen LogP contribution in [0.15, 0.2) is 72.9 Å². The molecule has 36 heavy (non-hydrogen) atoms. The number of anilines is 3. The van der Waals surface area contributed by atoms with Crippen molar-refractivity contribution in [3.63, 3.8) is 0 Å². The molecule has 0 aliphatic carbocycles. The monoisotopic (exact) mass is 474 g/mol. The van der Waals surface area contributed by atoms with Crippen LogP contribution in [-0.4, -0.2) is 22.4 Å². The third kappa shape index (κ3) is 4.48. The first kappa shape index (κ1) is 22.7. The van der Waals surface area contributed by atoms with E-state index in [2.05, 4.69) is 27.4 Å². The van der Waals surface area contributed by atoms with Gasteiger partial charge in [0.2, 0.25) is 11.9 Å². The van der Waals surface area contributed by atoms with Gasteiger partial charge in [-0.05, 0) is 66.1 Å². The summed E-state index contributed by atoms with van der Waals surface area (Å²) in [5, 5.41) is 22.0. The summed E-state index contributed by atoms with van der Waals surface area (Å²) in [5.41, 5.74) is 4.78. The zero-order valence-electron chi connectivity index (χ0n) is 19.1. The molecule has 5 rings (SSSR count). The van der Waals surface area contributed by atoms with Crippen molar-refractivity contribution >= 4 is 23.2 Å². The Kier molecular flexibility index (Phi) is 6.09. The van der Waals surface area contributed by atoms with E-state index in [0.717, 1.165) is 16.8 Å². The molecule has 1 aliphatic rings. The fraction of sp³-hybridized carbons (Fsp3) is 0.107. The number of nitrogens with zero attached hydrogens (tertiary/aromatic N) is 5. The Hall–Kier alpha value is -5.08. The number of carbonyl (C=O) groups excluding carboxylic acids is 1. The number of hydrogen-bond acceptors (Lipinski definition) is 6. The second kappa shape index (κ2) is 9.65. The molecule has 174 valence electrons. The van der Waals surface area contributed by atoms with Gasteiger partial charge in [-0.1, -0.05) is 18.2 Å². The molecular formula is C28H19FN6O. The predicted octanol–water partition coefficient (Wildman–Crippen LogP) is 4.90. The minimum absolute atomic E-state index is 0.0744. The Morgan fingerprint density at radius 3 is 2.61 bits per heavy atom. The summed E-state index contributed by atoms with van der Waals surface area (Å²) in [6.07, 6.45) is 2.13. The highest BCUT2D eigenvalue weighted by atomic mass is 19.1. The fourth-order valence-electron chi connectivity index (χ4n) is 4.27. The van der Waals surface area contributed by atoms with Crippen LogP contribution in [0.3, 0.4) is 0 Å². The van der Waals surface area contributed by atoms with Crippen molar-refractivity contribution in [3.8, 4) is 23.4 Å². The summed E-state index contributed by atoms with van der Waals surface area (Å²) in [5.74, 6) is -0.299. The van der Waals surface area contributed by atoms with E-state index in [1.807, 2.05) is 6.07 Å². The average molecular weight is 474 g/mol. The van der Waals surface area contributed by atoms with Crippen molar-refractivity contribution in [2.45, 2.75) is 12.8 Å². The minimum atomic E-state index is -0.421. The van der Waals surface area contributed by atoms with Crippen molar-refractivity contribution < 1.29 is 9.18 Å². The number of carbonyl (C=O) groups is 1. The van der Waals surface area contributed by atoms with Crippen molar-refractivity contribution in [2.24, 2.45) is 0 Å². The maximum absolute atomic E-state index is 14.1. The maximum Gasteiger partial charge on any atom is 0.231 e. The number of rotatable bonds is 5. The molecule has 1 amide bonds. The van der Waals surface area contributed by atoms with Gasteiger partial charge >= 0.3 is 0 Å². The van der Waals surface area contributed by atoms with Gasteiger partial charge in [-0.2, -0.15) is 10.5 Å². The van der Waals surface area contributed by atoms with E-state index in [4.69, 9.17) is 5.26 Å². The molecule has 1 aromatic heterocycles. The molecule has 7 nitrogen and oxygen atoms in total. The smallest absolute Gasteiger partial charge is 0.231 e. The standard InChI is InChI=1S/C28H19FN6O/c29-24-4-2-1-3-19(24)15-26(36)35-12-10-20-13-21(14-22(17-31)27(20)35)25-9-11-32-28(34-25)33-23-7-5-18(16-30)6-8-23/h1-9,11,13-14H,10,12,15H2,(H,32,33,34). The van der Waals surface area contributed by atoms with Crippen LogP contribution < -0.4 is 10.2 Å². The molecule has 0 spiro atoms. The molecule has 3 aromatic carbocycles. The topological polar surface area (TPSA) is 106 Å². The van der Waals surface area contributed by atoms with Crippen LogP contribution in [0.2, 0.25) is 0 Å². The second-order valence-corrected chi connectivity index (χ2v) is 8.29. The van der Waals surface area contributed by atoms with Gasteiger partial charge in [-0.3, -0.25) is 4.79 Å². The van der Waals surface area contributed by atoms with E-state index in [1.54, 1.807) is 65.7 Å². The van der Waals surface area contributed by atoms with Crippen molar-refractivity contribution in [2.75, 3.05) is 16.8 Å². The first-order valence-corrected chi connectivity index (χ1v) is 11.3. The van der Waals surface area contributed by atoms with Gasteiger partial charge in [0.1, 0.15) is 11.9 Å². The van der Waals surface area contributed by atoms with Crippen LogP contribution in [0.1, 0.15) is 22.3 Å². The first-order valence-electron chi connectivity index (χ1n) is 11.3. The Morgan fingerprint density at radius 2 is 1.86 bits per heavy atom. The van der Waals surface area contributed by atoms with Gasteiger partial charge in [-0.25, -0.2) is 14.4 Å². The van der Waals surface area contributed by atoms with Crippen molar-refractivity contribution in [3.05, 3.63) is 101 Å². The van der Waals surface area contributed by atoms with Gasteiger partial charge in [0.05, 0.1) is 35.0 Å². The highest BCUT2D eigenvalue weighted by Crippen LogP contribution is 2.36. The minimum Gasteiger partial charge on any atom is -0.324 e. The van der Waals surface area contributed by atoms with Crippen LogP contribution in [0.25, 0.3) is 11.3 Å². The largest absolute Gasteiger partial charge is 0.324 e. The highest BCUT2D eigenvalue weighted by molar-refractivity contribution is 5.98. The van der Waals surface area contributed by atoms with E-state index in [0.29, 0.717) is 47.0 Å². The number of amides is 1. The number of nitrogens with one attached hydrogen (secondary N) is 1. The summed E-state index contributed by atoms with van der Waals surface area (Å²) in [6, 6.07) is 22.8. The number of nitriles is 2. The number of hydrogen-bond donors (Lipinski definition) is 1. The SMILES string of the molecule is N#Cc1ccc(Nc2nccc(-c3cc(C#N)c4c(c3)CCN4C(=O)Cc3ccccc3F)n2)cc1. The summed E-state index contributed by atoms with van der Waals surface area (Å²) in [6.45, 7) is 0.427. The molecule has 2 heterocycles. The van der Waals surface area contributed by atoms with Gasteiger partial charge in [0, 0.05) is 24.0 Å². The lowest BCUT2D eigenvalue weighted by Gasteiger charge is -2.19. The summed E-state index contributed by atoms with van der Waals surface area (Å²) in [7, 11) is 0. The highest BCUT2D eigenvalue weighted by Gasteiger charge is 2.29. The Labute approximate surface area is 207 Å². The van der Waals surface area contributed by atoms with Crippen LogP contribution in [0, 0.1) is 28.5 Å². The number of halogens is 1. The molecule has 0 fully saturated rings. The zero-order valence-corrected chi connectivity index (χ0v) is 19.1. The Morgan fingerprint density at radius 1 is 1.06 bits per heavy atom. The van der Waals surface area contributed by atoms with E-state index in [1.165, 1.54) is 6.07 Å². The molecule has 8 heteroatoms. The lowest BCUT2D eigenvalue weighted by Crippen LogP contribution is -2.31. The molecule has 0 atom stereocenters. The summed E-state index contributed by atoms with van der Waals surface area (Å²) < 4.78 is 14.1. The van der Waals surface area contributed by atoms with Gasteiger partial charge in [0.15, 0.2) is 0 Å². The lowest BCUT2D eigenvalue weighted by atomic mass is 10.0. The molecule has 0 bridgehead atoms. The maximum atomic E-state index is 14.1. The van der Waals surface area contributed by atoms with Gasteiger partial charge in [0.25, 0.3) is 0 Å². The van der Waals surface area contributed by atoms with Crippen LogP contribution in [0.4, 0.5) is 21.7 Å². The lowest BCUT2D eigenvalue weighted by molar-refractivity contribution is -0.117. The average Bonchev–Trinajstić information content (AvgIpc) is 3.34. The van der Waals surface area contributed by atoms with Gasteiger partial charge in [-0.15, -0.1) is 0 Å². The third-order valence-corrected chi connectivity index (χ3v) is 6.01. The number of aromatic nitrogens is 2. The molecule has 4 aromatic rings. The molecule has 0 saturated heterocycles. The molecule has 0 unspecified atom stereocenters. The zero-order chi connectivity index (χ0) is 25.1. The Bertz CT molecular complexity index is 1550. The summed E-state index contributed by atoms with van der Waals surface area (Å²) in [4.78, 5) is 23.4. The van der Waals surface area contributed by atoms with Crippen LogP contribution >= 0.6 is 0 Å². The first-order chi connectivity index (χ1) is 17.6. The molecule has 1 aliphatic heterocycles. The van der Waals surface area contributed by atoms with Crippen LogP contribution in [-0.2, 0) is 17.6 Å². The van der Waals surface area contributed by atoms with Crippen molar-refractivity contribution in [1.29, 1.82) is 10.5 Å². The van der Waals surface area contributed by atoms with E-state index < -0.39 is 5.82 Å². The van der Waals surface area contributed by atoms with E-state index in [9.17, 15) is 14.4 Å². The second-order valence-electron chi connectivity index (χ2n) is 8.29. The quantitative estimate of drug-likeness (QED) is 0.441. The summed E-state index contributed by atoms with van der Waals surface area (Å²) >= 11 is 0. The van der Waals surface area contributed by atoms with E-state index >= 15 is 0 Å². The predicted molar refractivity (Wildman–Crippen MR) is 133 cm³/mol. The molecule has 0 radical (unpaired) electrons. The Balaban J connectivity index is 1.42. The normalized spacial score (nSPS) is 11.9. The third-order valence-electron chi connectivity index (χ3n) is 6.01. The van der Waals surface area contributed by atoms with Crippen LogP contribution in [0.5, 0.6) is 0 Å². The van der Waals surface area contributed by atoms with Gasteiger partial charge < -0.3 is 10.2 Å². The molecule has 1 N–H and O–H groups in total. The van der Waals surface area contributed by atoms with E-state index in [-0.39, 0.29) is 12.3 Å². The fourth-order valence-corrected chi connectivity index (χ4v) is 4.27.